The van der Waals surface area contributed by atoms with Crippen LogP contribution < -0.4 is 5.32 Å². The minimum atomic E-state index is 0.0217. The number of hydrogen-bond donors (Lipinski definition) is 2. The fourth-order valence-corrected chi connectivity index (χ4v) is 3.31. The molecule has 0 aliphatic carbocycles. The first-order valence-electron chi connectivity index (χ1n) is 8.80. The molecule has 25 heavy (non-hydrogen) atoms. The van der Waals surface area contributed by atoms with E-state index in [4.69, 9.17) is 0 Å². The van der Waals surface area contributed by atoms with E-state index >= 15 is 0 Å². The number of nitrogens with one attached hydrogen (secondary N) is 1. The van der Waals surface area contributed by atoms with Gasteiger partial charge < -0.3 is 10.4 Å². The van der Waals surface area contributed by atoms with Gasteiger partial charge in [0, 0.05) is 30.9 Å². The summed E-state index contributed by atoms with van der Waals surface area (Å²) in [6.07, 6.45) is 3.83. The quantitative estimate of drug-likeness (QED) is 0.760. The summed E-state index contributed by atoms with van der Waals surface area (Å²) < 4.78 is 0. The van der Waals surface area contributed by atoms with Gasteiger partial charge in [0.1, 0.15) is 5.82 Å². The summed E-state index contributed by atoms with van der Waals surface area (Å²) in [5, 5.41) is 12.8. The Morgan fingerprint density at radius 2 is 2.08 bits per heavy atom. The van der Waals surface area contributed by atoms with Gasteiger partial charge >= 0.3 is 0 Å². The lowest BCUT2D eigenvalue weighted by molar-refractivity contribution is 0.101. The molecular weight excluding hydrogens is 314 g/mol. The molecule has 2 heterocycles. The summed E-state index contributed by atoms with van der Waals surface area (Å²) in [5.74, 6) is 0.780. The van der Waals surface area contributed by atoms with Gasteiger partial charge in [-0.05, 0) is 49.6 Å². The average molecular weight is 339 g/mol. The number of ketones is 1. The van der Waals surface area contributed by atoms with Crippen LogP contribution in [0.25, 0.3) is 0 Å². The molecule has 0 amide bonds. The molecule has 1 fully saturated rings. The summed E-state index contributed by atoms with van der Waals surface area (Å²) in [4.78, 5) is 18.0. The number of aliphatic hydroxyl groups is 1. The molecule has 1 aliphatic rings. The van der Waals surface area contributed by atoms with Gasteiger partial charge in [-0.2, -0.15) is 0 Å². The second-order valence-electron chi connectivity index (χ2n) is 6.56. The van der Waals surface area contributed by atoms with E-state index in [1.165, 1.54) is 11.1 Å². The van der Waals surface area contributed by atoms with Crippen molar-refractivity contribution >= 4 is 11.6 Å². The first-order valence-corrected chi connectivity index (χ1v) is 8.80. The van der Waals surface area contributed by atoms with Crippen molar-refractivity contribution in [1.29, 1.82) is 0 Å². The maximum absolute atomic E-state index is 11.3. The maximum Gasteiger partial charge on any atom is 0.161 e. The molecule has 0 saturated carbocycles. The number of anilines is 1. The third-order valence-corrected chi connectivity index (χ3v) is 4.83. The number of hydrogen-bond acceptors (Lipinski definition) is 5. The molecule has 132 valence electrons. The van der Waals surface area contributed by atoms with Gasteiger partial charge in [-0.1, -0.05) is 24.3 Å². The lowest BCUT2D eigenvalue weighted by atomic mass is 10.1. The van der Waals surface area contributed by atoms with Gasteiger partial charge in [0.2, 0.25) is 0 Å². The van der Waals surface area contributed by atoms with E-state index in [-0.39, 0.29) is 18.4 Å². The Morgan fingerprint density at radius 1 is 1.28 bits per heavy atom. The maximum atomic E-state index is 11.3. The minimum Gasteiger partial charge on any atom is -0.395 e. The van der Waals surface area contributed by atoms with Gasteiger partial charge in [0.15, 0.2) is 5.78 Å². The van der Waals surface area contributed by atoms with Crippen LogP contribution in [-0.4, -0.2) is 40.0 Å². The van der Waals surface area contributed by atoms with E-state index in [9.17, 15) is 9.90 Å². The van der Waals surface area contributed by atoms with Crippen molar-refractivity contribution in [3.63, 3.8) is 0 Å². The van der Waals surface area contributed by atoms with Gasteiger partial charge in [-0.3, -0.25) is 9.69 Å². The molecule has 1 aromatic carbocycles. The third kappa shape index (κ3) is 4.44. The number of rotatable bonds is 7. The third-order valence-electron chi connectivity index (χ3n) is 4.83. The van der Waals surface area contributed by atoms with E-state index < -0.39 is 0 Å². The van der Waals surface area contributed by atoms with Crippen LogP contribution in [-0.2, 0) is 13.1 Å². The van der Waals surface area contributed by atoms with Crippen molar-refractivity contribution in [2.75, 3.05) is 18.5 Å². The Kier molecular flexibility index (Phi) is 5.79. The first-order chi connectivity index (χ1) is 12.2. The average Bonchev–Trinajstić information content (AvgIpc) is 3.08. The highest BCUT2D eigenvalue weighted by Crippen LogP contribution is 2.21. The molecule has 0 bridgehead atoms. The number of carbonyl (C=O) groups is 1. The van der Waals surface area contributed by atoms with Crippen molar-refractivity contribution in [2.24, 2.45) is 0 Å². The van der Waals surface area contributed by atoms with Crippen molar-refractivity contribution in [3.05, 3.63) is 59.3 Å². The summed E-state index contributed by atoms with van der Waals surface area (Å²) in [6, 6.07) is 12.3. The van der Waals surface area contributed by atoms with E-state index in [1.807, 2.05) is 12.1 Å². The summed E-state index contributed by atoms with van der Waals surface area (Å²) >= 11 is 0. The Hall–Kier alpha value is -2.24. The van der Waals surface area contributed by atoms with Gasteiger partial charge in [-0.15, -0.1) is 0 Å². The zero-order chi connectivity index (χ0) is 17.6. The first kappa shape index (κ1) is 17.6. The topological polar surface area (TPSA) is 65.5 Å². The molecule has 1 aromatic heterocycles. The highest BCUT2D eigenvalue weighted by molar-refractivity contribution is 5.93. The standard InChI is InChI=1S/C20H25N3O2/c1-15(25)16-8-9-20(21-11-16)22-12-17-5-2-3-6-18(17)13-23-10-4-7-19(23)14-24/h2-3,5-6,8-9,11,19,24H,4,7,10,12-14H2,1H3,(H,21,22)/t19-/m1/s1. The molecule has 2 N–H and O–H groups in total. The highest BCUT2D eigenvalue weighted by atomic mass is 16.3. The number of aliphatic hydroxyl groups excluding tert-OH is 1. The van der Waals surface area contributed by atoms with Crippen molar-refractivity contribution < 1.29 is 9.90 Å². The molecule has 0 unspecified atom stereocenters. The smallest absolute Gasteiger partial charge is 0.161 e. The normalized spacial score (nSPS) is 17.6. The van der Waals surface area contributed by atoms with E-state index in [2.05, 4.69) is 33.4 Å². The van der Waals surface area contributed by atoms with Crippen LogP contribution in [0, 0.1) is 0 Å². The van der Waals surface area contributed by atoms with Crippen LogP contribution in [0.1, 0.15) is 41.3 Å². The van der Waals surface area contributed by atoms with E-state index in [1.54, 1.807) is 19.2 Å². The van der Waals surface area contributed by atoms with E-state index in [0.29, 0.717) is 12.1 Å². The molecule has 3 rings (SSSR count). The van der Waals surface area contributed by atoms with Crippen LogP contribution in [0.15, 0.2) is 42.6 Å². The molecule has 5 nitrogen and oxygen atoms in total. The number of likely N-dealkylation sites (tertiary alicyclic amines) is 1. The number of carbonyl (C=O) groups excluding carboxylic acids is 1. The fourth-order valence-electron chi connectivity index (χ4n) is 3.31. The van der Waals surface area contributed by atoms with Gasteiger partial charge in [-0.25, -0.2) is 4.98 Å². The van der Waals surface area contributed by atoms with E-state index in [0.717, 1.165) is 31.7 Å². The van der Waals surface area contributed by atoms with Gasteiger partial charge in [0.05, 0.1) is 6.61 Å². The second kappa shape index (κ2) is 8.23. The second-order valence-corrected chi connectivity index (χ2v) is 6.56. The number of aromatic nitrogens is 1. The molecule has 5 heteroatoms. The monoisotopic (exact) mass is 339 g/mol. The van der Waals surface area contributed by atoms with Crippen molar-refractivity contribution in [3.8, 4) is 0 Å². The number of benzene rings is 1. The summed E-state index contributed by atoms with van der Waals surface area (Å²) in [7, 11) is 0. The zero-order valence-corrected chi connectivity index (χ0v) is 14.6. The Balaban J connectivity index is 1.65. The van der Waals surface area contributed by atoms with Crippen molar-refractivity contribution in [2.45, 2.75) is 38.9 Å². The molecular formula is C20H25N3O2. The SMILES string of the molecule is CC(=O)c1ccc(NCc2ccccc2CN2CCC[C@@H]2CO)nc1. The van der Waals surface area contributed by atoms with Crippen LogP contribution in [0.4, 0.5) is 5.82 Å². The molecule has 1 saturated heterocycles. The minimum absolute atomic E-state index is 0.0217. The molecule has 0 spiro atoms. The number of nitrogens with zero attached hydrogens (tertiary/aromatic N) is 2. The molecule has 0 radical (unpaired) electrons. The molecule has 1 aliphatic heterocycles. The largest absolute Gasteiger partial charge is 0.395 e. The number of Topliss-reactive ketones (excluding diaryl/α,β-unsaturated/α-hetero) is 1. The lowest BCUT2D eigenvalue weighted by Gasteiger charge is -2.24. The molecule has 2 aromatic rings. The van der Waals surface area contributed by atoms with Crippen LogP contribution >= 0.6 is 0 Å². The van der Waals surface area contributed by atoms with Gasteiger partial charge in [0.25, 0.3) is 0 Å². The fraction of sp³-hybridized carbons (Fsp3) is 0.400. The van der Waals surface area contributed by atoms with Crippen LogP contribution in [0.3, 0.4) is 0 Å². The van der Waals surface area contributed by atoms with Crippen molar-refractivity contribution in [1.82, 2.24) is 9.88 Å². The Labute approximate surface area is 148 Å². The Bertz CT molecular complexity index is 715. The Morgan fingerprint density at radius 3 is 2.76 bits per heavy atom. The zero-order valence-electron chi connectivity index (χ0n) is 14.6. The van der Waals surface area contributed by atoms with Crippen LogP contribution in [0.5, 0.6) is 0 Å². The van der Waals surface area contributed by atoms with Crippen LogP contribution in [0.2, 0.25) is 0 Å². The predicted octanol–water partition coefficient (Wildman–Crippen LogP) is 2.85. The predicted molar refractivity (Wildman–Crippen MR) is 98.5 cm³/mol. The molecule has 1 atom stereocenters. The summed E-state index contributed by atoms with van der Waals surface area (Å²) in [6.45, 7) is 4.35. The highest BCUT2D eigenvalue weighted by Gasteiger charge is 2.24. The lowest BCUT2D eigenvalue weighted by Crippen LogP contribution is -2.32. The summed E-state index contributed by atoms with van der Waals surface area (Å²) in [5.41, 5.74) is 3.12. The number of pyridine rings is 1.